The summed E-state index contributed by atoms with van der Waals surface area (Å²) >= 11 is 0. The monoisotopic (exact) mass is 219 g/mol. The zero-order chi connectivity index (χ0) is 11.5. The van der Waals surface area contributed by atoms with E-state index in [1.165, 1.54) is 16.9 Å². The molecule has 0 spiro atoms. The first-order valence-electron chi connectivity index (χ1n) is 4.55. The van der Waals surface area contributed by atoms with Crippen LogP contribution in [0.5, 0.6) is 0 Å². The Morgan fingerprint density at radius 2 is 2.31 bits per heavy atom. The van der Waals surface area contributed by atoms with Gasteiger partial charge in [0.05, 0.1) is 4.92 Å². The number of nitrogens with zero attached hydrogens (tertiary/aromatic N) is 4. The van der Waals surface area contributed by atoms with E-state index in [0.717, 1.165) is 0 Å². The van der Waals surface area contributed by atoms with Crippen molar-refractivity contribution in [1.29, 1.82) is 0 Å². The number of rotatable bonds is 3. The molecule has 2 rings (SSSR count). The third kappa shape index (κ3) is 1.70. The van der Waals surface area contributed by atoms with Crippen LogP contribution in [0.25, 0.3) is 5.82 Å². The van der Waals surface area contributed by atoms with Gasteiger partial charge < -0.3 is 5.32 Å². The molecule has 2 heterocycles. The number of aromatic nitrogens is 3. The van der Waals surface area contributed by atoms with Crippen LogP contribution in [0.15, 0.2) is 30.6 Å². The third-order valence-corrected chi connectivity index (χ3v) is 2.03. The van der Waals surface area contributed by atoms with Gasteiger partial charge in [-0.2, -0.15) is 5.10 Å². The van der Waals surface area contributed by atoms with E-state index in [9.17, 15) is 10.1 Å². The normalized spacial score (nSPS) is 10.1. The number of nitro groups is 1. The maximum Gasteiger partial charge on any atom is 0.313 e. The van der Waals surface area contributed by atoms with E-state index in [4.69, 9.17) is 0 Å². The first kappa shape index (κ1) is 10.1. The van der Waals surface area contributed by atoms with Gasteiger partial charge >= 0.3 is 5.69 Å². The fourth-order valence-electron chi connectivity index (χ4n) is 1.29. The summed E-state index contributed by atoms with van der Waals surface area (Å²) < 4.78 is 1.36. The molecule has 82 valence electrons. The molecule has 0 unspecified atom stereocenters. The van der Waals surface area contributed by atoms with Crippen LogP contribution >= 0.6 is 0 Å². The van der Waals surface area contributed by atoms with Crippen molar-refractivity contribution in [3.8, 4) is 5.82 Å². The van der Waals surface area contributed by atoms with Crippen LogP contribution in [0.2, 0.25) is 0 Å². The van der Waals surface area contributed by atoms with E-state index in [0.29, 0.717) is 5.82 Å². The molecule has 0 atom stereocenters. The Kier molecular flexibility index (Phi) is 2.50. The lowest BCUT2D eigenvalue weighted by Crippen LogP contribution is -2.05. The van der Waals surface area contributed by atoms with Gasteiger partial charge in [0, 0.05) is 25.5 Å². The van der Waals surface area contributed by atoms with Crippen molar-refractivity contribution in [3.05, 3.63) is 40.7 Å². The second-order valence-electron chi connectivity index (χ2n) is 3.00. The lowest BCUT2D eigenvalue weighted by Gasteiger charge is -2.04. The molecule has 0 bridgehead atoms. The first-order chi connectivity index (χ1) is 7.72. The second kappa shape index (κ2) is 3.97. The summed E-state index contributed by atoms with van der Waals surface area (Å²) in [6.07, 6.45) is 3.15. The molecule has 2 aromatic heterocycles. The summed E-state index contributed by atoms with van der Waals surface area (Å²) in [6, 6.07) is 4.62. The zero-order valence-electron chi connectivity index (χ0n) is 8.49. The smallest absolute Gasteiger partial charge is 0.313 e. The summed E-state index contributed by atoms with van der Waals surface area (Å²) in [5, 5.41) is 17.6. The third-order valence-electron chi connectivity index (χ3n) is 2.03. The van der Waals surface area contributed by atoms with Gasteiger partial charge in [-0.3, -0.25) is 10.1 Å². The molecule has 16 heavy (non-hydrogen) atoms. The van der Waals surface area contributed by atoms with Crippen LogP contribution < -0.4 is 5.32 Å². The van der Waals surface area contributed by atoms with Crippen LogP contribution in [0.4, 0.5) is 11.5 Å². The van der Waals surface area contributed by atoms with Crippen molar-refractivity contribution in [2.75, 3.05) is 12.4 Å². The summed E-state index contributed by atoms with van der Waals surface area (Å²) in [5.74, 6) is 0.748. The highest BCUT2D eigenvalue weighted by Crippen LogP contribution is 2.21. The van der Waals surface area contributed by atoms with Crippen molar-refractivity contribution in [2.45, 2.75) is 0 Å². The predicted octanol–water partition coefficient (Wildman–Crippen LogP) is 1.22. The number of hydrogen-bond acceptors (Lipinski definition) is 5. The quantitative estimate of drug-likeness (QED) is 0.619. The maximum absolute atomic E-state index is 10.8. The Hall–Kier alpha value is -2.44. The Bertz CT molecular complexity index is 509. The van der Waals surface area contributed by atoms with Gasteiger partial charge in [-0.1, -0.05) is 0 Å². The SMILES string of the molecule is CNc1ccc([N+](=O)[O-])c(-n2cccn2)n1. The summed E-state index contributed by atoms with van der Waals surface area (Å²) in [6.45, 7) is 0. The molecule has 0 radical (unpaired) electrons. The lowest BCUT2D eigenvalue weighted by molar-refractivity contribution is -0.384. The molecule has 0 aliphatic rings. The van der Waals surface area contributed by atoms with Crippen LogP contribution in [-0.4, -0.2) is 26.7 Å². The maximum atomic E-state index is 10.8. The minimum absolute atomic E-state index is 0.0808. The number of anilines is 1. The average Bonchev–Trinajstić information content (AvgIpc) is 2.81. The predicted molar refractivity (Wildman–Crippen MR) is 57.6 cm³/mol. The van der Waals surface area contributed by atoms with Crippen LogP contribution in [-0.2, 0) is 0 Å². The van der Waals surface area contributed by atoms with E-state index < -0.39 is 4.92 Å². The molecular formula is C9H9N5O2. The topological polar surface area (TPSA) is 85.9 Å². The summed E-state index contributed by atoms with van der Waals surface area (Å²) in [7, 11) is 1.70. The highest BCUT2D eigenvalue weighted by Gasteiger charge is 2.17. The molecule has 0 aliphatic carbocycles. The van der Waals surface area contributed by atoms with Gasteiger partial charge in [0.2, 0.25) is 5.82 Å². The van der Waals surface area contributed by atoms with E-state index in [1.54, 1.807) is 25.4 Å². The van der Waals surface area contributed by atoms with Gasteiger partial charge in [-0.05, 0) is 12.1 Å². The first-order valence-corrected chi connectivity index (χ1v) is 4.55. The van der Waals surface area contributed by atoms with Gasteiger partial charge in [0.1, 0.15) is 5.82 Å². The molecule has 0 saturated carbocycles. The molecular weight excluding hydrogens is 210 g/mol. The van der Waals surface area contributed by atoms with Gasteiger partial charge in [0.15, 0.2) is 0 Å². The van der Waals surface area contributed by atoms with Gasteiger partial charge in [-0.25, -0.2) is 9.67 Å². The standard InChI is InChI=1S/C9H9N5O2/c1-10-8-4-3-7(14(15)16)9(12-8)13-6-2-5-11-13/h2-6H,1H3,(H,10,12). The summed E-state index contributed by atoms with van der Waals surface area (Å²) in [5.41, 5.74) is -0.0808. The minimum Gasteiger partial charge on any atom is -0.373 e. The molecule has 0 aromatic carbocycles. The fourth-order valence-corrected chi connectivity index (χ4v) is 1.29. The number of pyridine rings is 1. The van der Waals surface area contributed by atoms with E-state index in [2.05, 4.69) is 15.4 Å². The minimum atomic E-state index is -0.483. The molecule has 2 aromatic rings. The van der Waals surface area contributed by atoms with Crippen molar-refractivity contribution in [2.24, 2.45) is 0 Å². The average molecular weight is 219 g/mol. The molecule has 0 aliphatic heterocycles. The highest BCUT2D eigenvalue weighted by atomic mass is 16.6. The summed E-state index contributed by atoms with van der Waals surface area (Å²) in [4.78, 5) is 14.4. The zero-order valence-corrected chi connectivity index (χ0v) is 8.49. The molecule has 0 fully saturated rings. The van der Waals surface area contributed by atoms with Crippen LogP contribution in [0.1, 0.15) is 0 Å². The highest BCUT2D eigenvalue weighted by molar-refractivity contribution is 5.52. The molecule has 0 saturated heterocycles. The van der Waals surface area contributed by atoms with Crippen molar-refractivity contribution in [3.63, 3.8) is 0 Å². The number of nitrogens with one attached hydrogen (secondary N) is 1. The van der Waals surface area contributed by atoms with Crippen molar-refractivity contribution >= 4 is 11.5 Å². The molecule has 7 heteroatoms. The molecule has 7 nitrogen and oxygen atoms in total. The van der Waals surface area contributed by atoms with Crippen LogP contribution in [0.3, 0.4) is 0 Å². The largest absolute Gasteiger partial charge is 0.373 e. The van der Waals surface area contributed by atoms with Crippen molar-refractivity contribution < 1.29 is 4.92 Å². The van der Waals surface area contributed by atoms with Gasteiger partial charge in [0.25, 0.3) is 0 Å². The Balaban J connectivity index is 2.59. The Morgan fingerprint density at radius 3 is 2.88 bits per heavy atom. The molecule has 1 N–H and O–H groups in total. The van der Waals surface area contributed by atoms with E-state index in [1.807, 2.05) is 0 Å². The fraction of sp³-hybridized carbons (Fsp3) is 0.111. The van der Waals surface area contributed by atoms with Crippen LogP contribution in [0, 0.1) is 10.1 Å². The Labute approximate surface area is 90.9 Å². The lowest BCUT2D eigenvalue weighted by atomic mass is 10.3. The Morgan fingerprint density at radius 1 is 1.50 bits per heavy atom. The van der Waals surface area contributed by atoms with Crippen molar-refractivity contribution in [1.82, 2.24) is 14.8 Å². The van der Waals surface area contributed by atoms with E-state index >= 15 is 0 Å². The number of hydrogen-bond donors (Lipinski definition) is 1. The molecule has 0 amide bonds. The second-order valence-corrected chi connectivity index (χ2v) is 3.00. The van der Waals surface area contributed by atoms with Gasteiger partial charge in [-0.15, -0.1) is 0 Å². The van der Waals surface area contributed by atoms with E-state index in [-0.39, 0.29) is 11.5 Å².